The van der Waals surface area contributed by atoms with Crippen molar-refractivity contribution in [3.8, 4) is 0 Å². The summed E-state index contributed by atoms with van der Waals surface area (Å²) < 4.78 is 2.26. The zero-order chi connectivity index (χ0) is 9.14. The van der Waals surface area contributed by atoms with Crippen molar-refractivity contribution in [3.63, 3.8) is 0 Å². The second-order valence-electron chi connectivity index (χ2n) is 4.20. The van der Waals surface area contributed by atoms with Gasteiger partial charge < -0.3 is 0 Å². The molecule has 0 aliphatic heterocycles. The highest BCUT2D eigenvalue weighted by atomic mass is 15.0. The fraction of sp³-hybridized carbons (Fsp3) is 0.909. The maximum atomic E-state index is 4.09. The number of hydrogen-bond acceptors (Lipinski definition) is 0. The van der Waals surface area contributed by atoms with Gasteiger partial charge in [-0.1, -0.05) is 20.3 Å². The van der Waals surface area contributed by atoms with E-state index in [4.69, 9.17) is 0 Å². The molecule has 0 heterocycles. The van der Waals surface area contributed by atoms with Gasteiger partial charge in [-0.05, 0) is 19.3 Å². The van der Waals surface area contributed by atoms with Crippen LogP contribution in [0, 0.1) is 11.8 Å². The first-order valence-corrected chi connectivity index (χ1v) is 5.26. The quantitative estimate of drug-likeness (QED) is 0.450. The molecule has 12 heavy (non-hydrogen) atoms. The summed E-state index contributed by atoms with van der Waals surface area (Å²) in [7, 11) is 0. The lowest BCUT2D eigenvalue weighted by molar-refractivity contribution is -0.560. The Bertz CT molecular complexity index is 162. The Morgan fingerprint density at radius 2 is 2.00 bits per heavy atom. The molecule has 0 saturated heterocycles. The fourth-order valence-electron chi connectivity index (χ4n) is 2.43. The molecular weight excluding hydrogens is 146 g/mol. The minimum Gasteiger partial charge on any atom is -0.240 e. The van der Waals surface area contributed by atoms with Gasteiger partial charge in [-0.15, -0.1) is 0 Å². The van der Waals surface area contributed by atoms with E-state index in [-0.39, 0.29) is 0 Å². The highest BCUT2D eigenvalue weighted by molar-refractivity contribution is 5.15. The maximum absolute atomic E-state index is 4.09. The number of hydrogen-bond donors (Lipinski definition) is 0. The minimum absolute atomic E-state index is 0.750. The predicted molar refractivity (Wildman–Crippen MR) is 53.9 cm³/mol. The van der Waals surface area contributed by atoms with Crippen LogP contribution in [0.5, 0.6) is 0 Å². The van der Waals surface area contributed by atoms with E-state index in [1.807, 2.05) is 0 Å². The van der Waals surface area contributed by atoms with Crippen LogP contribution in [0.3, 0.4) is 0 Å². The monoisotopic (exact) mass is 168 g/mol. The average Bonchev–Trinajstić information content (AvgIpc) is 2.45. The van der Waals surface area contributed by atoms with E-state index in [1.54, 1.807) is 0 Å². The minimum atomic E-state index is 0.750. The van der Waals surface area contributed by atoms with Gasteiger partial charge in [0.2, 0.25) is 0 Å². The maximum Gasteiger partial charge on any atom is 0.154 e. The zero-order valence-electron chi connectivity index (χ0n) is 8.71. The Morgan fingerprint density at radius 1 is 1.33 bits per heavy atom. The van der Waals surface area contributed by atoms with Crippen LogP contribution in [0.25, 0.3) is 0 Å². The lowest BCUT2D eigenvalue weighted by atomic mass is 10.0. The van der Waals surface area contributed by atoms with Crippen LogP contribution in [-0.4, -0.2) is 23.9 Å². The van der Waals surface area contributed by atoms with E-state index in [2.05, 4.69) is 32.1 Å². The van der Waals surface area contributed by atoms with Crippen molar-refractivity contribution in [1.82, 2.24) is 0 Å². The third-order valence-corrected chi connectivity index (χ3v) is 3.39. The van der Waals surface area contributed by atoms with E-state index in [1.165, 1.54) is 19.3 Å². The molecule has 70 valence electrons. The van der Waals surface area contributed by atoms with Crippen LogP contribution >= 0.6 is 0 Å². The van der Waals surface area contributed by atoms with Crippen LogP contribution < -0.4 is 0 Å². The number of rotatable bonds is 3. The smallest absolute Gasteiger partial charge is 0.154 e. The van der Waals surface area contributed by atoms with Gasteiger partial charge in [0.25, 0.3) is 0 Å². The summed E-state index contributed by atoms with van der Waals surface area (Å²) >= 11 is 0. The first-order chi connectivity index (χ1) is 5.69. The van der Waals surface area contributed by atoms with E-state index in [0.717, 1.165) is 24.4 Å². The molecule has 1 rings (SSSR count). The first-order valence-electron chi connectivity index (χ1n) is 5.26. The largest absolute Gasteiger partial charge is 0.240 e. The highest BCUT2D eigenvalue weighted by Gasteiger charge is 2.36. The van der Waals surface area contributed by atoms with Crippen LogP contribution in [0.1, 0.15) is 40.0 Å². The lowest BCUT2D eigenvalue weighted by Crippen LogP contribution is -2.27. The van der Waals surface area contributed by atoms with Crippen molar-refractivity contribution in [2.24, 2.45) is 11.8 Å². The molecule has 1 aliphatic carbocycles. The van der Waals surface area contributed by atoms with E-state index in [0.29, 0.717) is 0 Å². The fourth-order valence-corrected chi connectivity index (χ4v) is 2.43. The lowest BCUT2D eigenvalue weighted by Gasteiger charge is -2.11. The van der Waals surface area contributed by atoms with E-state index < -0.39 is 0 Å². The van der Waals surface area contributed by atoms with Gasteiger partial charge in [0, 0.05) is 12.3 Å². The third-order valence-electron chi connectivity index (χ3n) is 3.39. The van der Waals surface area contributed by atoms with Crippen LogP contribution in [-0.2, 0) is 0 Å². The average molecular weight is 168 g/mol. The number of nitrogens with zero attached hydrogens (tertiary/aromatic N) is 1. The molecule has 0 spiro atoms. The Kier molecular flexibility index (Phi) is 3.30. The van der Waals surface area contributed by atoms with Crippen molar-refractivity contribution < 1.29 is 4.58 Å². The molecule has 1 heteroatoms. The van der Waals surface area contributed by atoms with Crippen LogP contribution in [0.2, 0.25) is 0 Å². The second-order valence-corrected chi connectivity index (χ2v) is 4.20. The SMILES string of the molecule is C=[N+](CC)C1CC(CC)CC1C. The first kappa shape index (κ1) is 9.76. The van der Waals surface area contributed by atoms with Crippen molar-refractivity contribution in [3.05, 3.63) is 0 Å². The van der Waals surface area contributed by atoms with Gasteiger partial charge in [-0.2, -0.15) is 0 Å². The molecule has 1 saturated carbocycles. The summed E-state index contributed by atoms with van der Waals surface area (Å²) in [6.45, 7) is 12.0. The van der Waals surface area contributed by atoms with Crippen molar-refractivity contribution in [2.75, 3.05) is 6.54 Å². The van der Waals surface area contributed by atoms with Crippen molar-refractivity contribution >= 4 is 6.72 Å². The van der Waals surface area contributed by atoms with Gasteiger partial charge >= 0.3 is 0 Å². The van der Waals surface area contributed by atoms with Gasteiger partial charge in [-0.3, -0.25) is 0 Å². The molecule has 3 atom stereocenters. The van der Waals surface area contributed by atoms with Gasteiger partial charge in [0.05, 0.1) is 0 Å². The summed E-state index contributed by atoms with van der Waals surface area (Å²) in [5.74, 6) is 1.81. The summed E-state index contributed by atoms with van der Waals surface area (Å²) in [5, 5.41) is 0. The molecule has 1 aliphatic rings. The second kappa shape index (κ2) is 4.06. The molecular formula is C11H22N+. The Hall–Kier alpha value is -0.330. The summed E-state index contributed by atoms with van der Waals surface area (Å²) in [6.07, 6.45) is 4.13. The Balaban J connectivity index is 2.51. The molecule has 0 bridgehead atoms. The van der Waals surface area contributed by atoms with Gasteiger partial charge in [0.1, 0.15) is 13.3 Å². The zero-order valence-corrected chi connectivity index (χ0v) is 8.71. The molecule has 0 N–H and O–H groups in total. The normalized spacial score (nSPS) is 35.4. The van der Waals surface area contributed by atoms with Crippen LogP contribution in [0.4, 0.5) is 0 Å². The Labute approximate surface area is 76.5 Å². The van der Waals surface area contributed by atoms with E-state index >= 15 is 0 Å². The Morgan fingerprint density at radius 3 is 2.42 bits per heavy atom. The standard InChI is InChI=1S/C11H22N/c1-5-10-7-9(3)11(8-10)12(4)6-2/h9-11H,4-8H2,1-3H3/q+1. The molecule has 0 aromatic rings. The van der Waals surface area contributed by atoms with Crippen molar-refractivity contribution in [2.45, 2.75) is 46.1 Å². The molecule has 1 nitrogen and oxygen atoms in total. The molecule has 0 aromatic heterocycles. The van der Waals surface area contributed by atoms with Crippen molar-refractivity contribution in [1.29, 1.82) is 0 Å². The van der Waals surface area contributed by atoms with Gasteiger partial charge in [0.15, 0.2) is 6.04 Å². The van der Waals surface area contributed by atoms with Crippen LogP contribution in [0.15, 0.2) is 0 Å². The molecule has 3 unspecified atom stereocenters. The summed E-state index contributed by atoms with van der Waals surface area (Å²) in [4.78, 5) is 0. The molecule has 0 aromatic carbocycles. The summed E-state index contributed by atoms with van der Waals surface area (Å²) in [5.41, 5.74) is 0. The summed E-state index contributed by atoms with van der Waals surface area (Å²) in [6, 6.07) is 0.750. The highest BCUT2D eigenvalue weighted by Crippen LogP contribution is 2.34. The third kappa shape index (κ3) is 1.88. The molecule has 0 amide bonds. The van der Waals surface area contributed by atoms with Gasteiger partial charge in [-0.25, -0.2) is 4.58 Å². The topological polar surface area (TPSA) is 3.01 Å². The predicted octanol–water partition coefficient (Wildman–Crippen LogP) is 2.54. The van der Waals surface area contributed by atoms with E-state index in [9.17, 15) is 0 Å². The molecule has 0 radical (unpaired) electrons. The molecule has 1 fully saturated rings.